The zero-order chi connectivity index (χ0) is 25.9. The molecule has 188 valence electrons. The van der Waals surface area contributed by atoms with Gasteiger partial charge in [0.1, 0.15) is 28.6 Å². The Hall–Kier alpha value is -4.48. The molecule has 0 unspecified atom stereocenters. The summed E-state index contributed by atoms with van der Waals surface area (Å²) in [7, 11) is 2.83. The number of fused-ring (bicyclic) bond motifs is 1. The second-order valence-corrected chi connectivity index (χ2v) is 7.33. The van der Waals surface area contributed by atoms with Crippen LogP contribution < -0.4 is 24.4 Å². The molecule has 2 aromatic heterocycles. The third kappa shape index (κ3) is 5.43. The Kier molecular flexibility index (Phi) is 6.86. The first-order valence-corrected chi connectivity index (χ1v) is 10.4. The maximum Gasteiger partial charge on any atom is 0.453 e. The minimum Gasteiger partial charge on any atom is -0.497 e. The van der Waals surface area contributed by atoms with Crippen molar-refractivity contribution in [1.82, 2.24) is 5.16 Å². The van der Waals surface area contributed by atoms with E-state index in [1.807, 2.05) is 0 Å². The van der Waals surface area contributed by atoms with Crippen molar-refractivity contribution in [3.05, 3.63) is 70.3 Å². The number of hydrogen-bond donors (Lipinski definition) is 0. The van der Waals surface area contributed by atoms with E-state index in [0.29, 0.717) is 11.5 Å². The van der Waals surface area contributed by atoms with Crippen LogP contribution in [0.15, 0.2) is 62.3 Å². The maximum atomic E-state index is 13.7. The van der Waals surface area contributed by atoms with Crippen LogP contribution in [0.25, 0.3) is 11.0 Å². The minimum absolute atomic E-state index is 0.0251. The van der Waals surface area contributed by atoms with Gasteiger partial charge in [-0.1, -0.05) is 0 Å². The Balaban J connectivity index is 1.59. The highest BCUT2D eigenvalue weighted by Crippen LogP contribution is 2.39. The van der Waals surface area contributed by atoms with Crippen molar-refractivity contribution < 1.29 is 45.9 Å². The van der Waals surface area contributed by atoms with E-state index in [1.165, 1.54) is 56.7 Å². The van der Waals surface area contributed by atoms with Crippen molar-refractivity contribution in [1.29, 1.82) is 0 Å². The number of hydrogen-bond acceptors (Lipinski definition) is 9. The van der Waals surface area contributed by atoms with E-state index in [9.17, 15) is 22.8 Å². The molecule has 2 heterocycles. The van der Waals surface area contributed by atoms with Gasteiger partial charge >= 0.3 is 12.1 Å². The Morgan fingerprint density at radius 1 is 0.972 bits per heavy atom. The van der Waals surface area contributed by atoms with Crippen LogP contribution in [0.4, 0.5) is 13.2 Å². The number of halogens is 3. The molecule has 0 aliphatic rings. The SMILES string of the molecule is COc1ccc(Oc2c(C(F)(F)F)oc3cc(OC(=O)CCc4cc(OC)no4)ccc3c2=O)cc1. The summed E-state index contributed by atoms with van der Waals surface area (Å²) in [5.74, 6) is -2.39. The van der Waals surface area contributed by atoms with Crippen LogP contribution in [0.1, 0.15) is 17.9 Å². The topological polar surface area (TPSA) is 110 Å². The molecule has 4 aromatic rings. The molecule has 0 aliphatic carbocycles. The van der Waals surface area contributed by atoms with Crippen LogP contribution in [0.3, 0.4) is 0 Å². The second kappa shape index (κ2) is 10.0. The van der Waals surface area contributed by atoms with E-state index >= 15 is 0 Å². The molecule has 2 aromatic carbocycles. The van der Waals surface area contributed by atoms with E-state index < -0.39 is 34.7 Å². The van der Waals surface area contributed by atoms with E-state index in [-0.39, 0.29) is 35.6 Å². The minimum atomic E-state index is -5.04. The number of carbonyl (C=O) groups is 1. The van der Waals surface area contributed by atoms with Crippen LogP contribution in [0.2, 0.25) is 0 Å². The molecule has 0 N–H and O–H groups in total. The molecule has 4 rings (SSSR count). The monoisotopic (exact) mass is 505 g/mol. The molecular formula is C24H18F3NO8. The molecule has 12 heteroatoms. The first-order valence-electron chi connectivity index (χ1n) is 10.4. The van der Waals surface area contributed by atoms with Gasteiger partial charge in [-0.25, -0.2) is 0 Å². The lowest BCUT2D eigenvalue weighted by Crippen LogP contribution is -2.15. The number of ether oxygens (including phenoxy) is 4. The van der Waals surface area contributed by atoms with Crippen LogP contribution in [0.5, 0.6) is 28.9 Å². The predicted octanol–water partition coefficient (Wildman–Crippen LogP) is 5.15. The van der Waals surface area contributed by atoms with Gasteiger partial charge in [-0.3, -0.25) is 9.59 Å². The summed E-state index contributed by atoms with van der Waals surface area (Å²) in [6.07, 6.45) is -5.00. The zero-order valence-corrected chi connectivity index (χ0v) is 18.9. The number of nitrogens with zero attached hydrogens (tertiary/aromatic N) is 1. The van der Waals surface area contributed by atoms with E-state index in [0.717, 1.165) is 6.07 Å². The number of benzene rings is 2. The van der Waals surface area contributed by atoms with Gasteiger partial charge in [-0.05, 0) is 41.6 Å². The van der Waals surface area contributed by atoms with Gasteiger partial charge in [0.2, 0.25) is 11.2 Å². The first kappa shape index (κ1) is 24.6. The summed E-state index contributed by atoms with van der Waals surface area (Å²) in [4.78, 5) is 25.1. The largest absolute Gasteiger partial charge is 0.497 e. The average Bonchev–Trinajstić information content (AvgIpc) is 3.32. The maximum absolute atomic E-state index is 13.7. The van der Waals surface area contributed by atoms with Gasteiger partial charge in [0.15, 0.2) is 0 Å². The van der Waals surface area contributed by atoms with Crippen LogP contribution in [0, 0.1) is 0 Å². The van der Waals surface area contributed by atoms with Gasteiger partial charge in [-0.2, -0.15) is 13.2 Å². The summed E-state index contributed by atoms with van der Waals surface area (Å²) in [6, 6.07) is 10.6. The molecule has 0 radical (unpaired) electrons. The highest BCUT2D eigenvalue weighted by Gasteiger charge is 2.40. The summed E-state index contributed by atoms with van der Waals surface area (Å²) < 4.78 is 71.5. The van der Waals surface area contributed by atoms with Crippen molar-refractivity contribution in [2.45, 2.75) is 19.0 Å². The lowest BCUT2D eigenvalue weighted by molar-refractivity contribution is -0.154. The molecule has 0 atom stereocenters. The highest BCUT2D eigenvalue weighted by atomic mass is 19.4. The molecule has 0 amide bonds. The highest BCUT2D eigenvalue weighted by molar-refractivity contribution is 5.81. The molecule has 0 bridgehead atoms. The summed E-state index contributed by atoms with van der Waals surface area (Å²) in [5, 5.41) is 3.41. The number of alkyl halides is 3. The van der Waals surface area contributed by atoms with Crippen LogP contribution >= 0.6 is 0 Å². The molecule has 0 spiro atoms. The zero-order valence-electron chi connectivity index (χ0n) is 18.9. The van der Waals surface area contributed by atoms with Crippen molar-refractivity contribution in [2.75, 3.05) is 14.2 Å². The number of aromatic nitrogens is 1. The molecule has 36 heavy (non-hydrogen) atoms. The molecule has 0 saturated heterocycles. The smallest absolute Gasteiger partial charge is 0.453 e. The third-order valence-electron chi connectivity index (χ3n) is 4.91. The second-order valence-electron chi connectivity index (χ2n) is 7.33. The standard InChI is InChI=1S/C24H18F3NO8/c1-31-13-3-5-14(6-4-13)34-22-21(30)17-9-7-15(11-18(17)35-23(22)24(25,26)27)33-20(29)10-8-16-12-19(32-2)28-36-16/h3-7,9,11-12H,8,10H2,1-2H3. The fourth-order valence-corrected chi connectivity index (χ4v) is 3.18. The van der Waals surface area contributed by atoms with E-state index in [1.54, 1.807) is 0 Å². The quantitative estimate of drug-likeness (QED) is 0.237. The normalized spacial score (nSPS) is 11.4. The lowest BCUT2D eigenvalue weighted by Gasteiger charge is -2.14. The molecular weight excluding hydrogens is 487 g/mol. The number of rotatable bonds is 8. The van der Waals surface area contributed by atoms with Gasteiger partial charge in [0.05, 0.1) is 26.0 Å². The van der Waals surface area contributed by atoms with Crippen molar-refractivity contribution >= 4 is 16.9 Å². The summed E-state index contributed by atoms with van der Waals surface area (Å²) >= 11 is 0. The summed E-state index contributed by atoms with van der Waals surface area (Å²) in [6.45, 7) is 0. The van der Waals surface area contributed by atoms with E-state index in [4.69, 9.17) is 27.9 Å². The van der Waals surface area contributed by atoms with E-state index in [2.05, 4.69) is 5.16 Å². The number of carbonyl (C=O) groups excluding carboxylic acids is 1. The van der Waals surface area contributed by atoms with Gasteiger partial charge in [0.25, 0.3) is 11.6 Å². The number of methoxy groups -OCH3 is 2. The molecule has 0 saturated carbocycles. The Morgan fingerprint density at radius 3 is 2.31 bits per heavy atom. The Morgan fingerprint density at radius 2 is 1.67 bits per heavy atom. The van der Waals surface area contributed by atoms with Crippen LogP contribution in [-0.4, -0.2) is 25.3 Å². The molecule has 9 nitrogen and oxygen atoms in total. The van der Waals surface area contributed by atoms with Crippen molar-refractivity contribution in [3.8, 4) is 28.9 Å². The summed E-state index contributed by atoms with van der Waals surface area (Å²) in [5.41, 5.74) is -1.48. The fraction of sp³-hybridized carbons (Fsp3) is 0.208. The Labute approximate surface area is 200 Å². The van der Waals surface area contributed by atoms with Gasteiger partial charge in [0, 0.05) is 18.6 Å². The first-order chi connectivity index (χ1) is 17.2. The van der Waals surface area contributed by atoms with Gasteiger partial charge < -0.3 is 27.9 Å². The number of esters is 1. The number of aryl methyl sites for hydroxylation is 1. The molecule has 0 fully saturated rings. The predicted molar refractivity (Wildman–Crippen MR) is 118 cm³/mol. The van der Waals surface area contributed by atoms with Gasteiger partial charge in [-0.15, -0.1) is 0 Å². The lowest BCUT2D eigenvalue weighted by atomic mass is 10.2. The Bertz CT molecular complexity index is 1440. The van der Waals surface area contributed by atoms with Crippen molar-refractivity contribution in [3.63, 3.8) is 0 Å². The van der Waals surface area contributed by atoms with Crippen molar-refractivity contribution in [2.24, 2.45) is 0 Å². The fourth-order valence-electron chi connectivity index (χ4n) is 3.18. The van der Waals surface area contributed by atoms with Crippen LogP contribution in [-0.2, 0) is 17.4 Å². The average molecular weight is 505 g/mol. The third-order valence-corrected chi connectivity index (χ3v) is 4.91. The molecule has 0 aliphatic heterocycles.